The van der Waals surface area contributed by atoms with Gasteiger partial charge in [-0.3, -0.25) is 4.79 Å². The summed E-state index contributed by atoms with van der Waals surface area (Å²) in [5.74, 6) is 2.13. The smallest absolute Gasteiger partial charge is 0.193 e. The van der Waals surface area contributed by atoms with Gasteiger partial charge in [0.05, 0.1) is 0 Å². The molecule has 0 heterocycles. The molecule has 0 radical (unpaired) electrons. The molecule has 214 valence electrons. The average molecular weight is 553 g/mol. The van der Waals surface area contributed by atoms with E-state index in [2.05, 4.69) is 71.0 Å². The van der Waals surface area contributed by atoms with Gasteiger partial charge < -0.3 is 9.47 Å². The molecular weight excluding hydrogens is 511 g/mol. The summed E-state index contributed by atoms with van der Waals surface area (Å²) < 4.78 is 26.4. The summed E-state index contributed by atoms with van der Waals surface area (Å²) >= 11 is 0. The lowest BCUT2D eigenvalue weighted by Crippen LogP contribution is -2.27. The number of hydrogen-bond acceptors (Lipinski definition) is 3. The number of carbonyl (C=O) groups is 1. The predicted octanol–water partition coefficient (Wildman–Crippen LogP) is 10.2. The normalized spacial score (nSPS) is 12.2. The van der Waals surface area contributed by atoms with Crippen LogP contribution in [0.15, 0.2) is 97.1 Å². The van der Waals surface area contributed by atoms with E-state index in [1.807, 2.05) is 12.1 Å². The minimum Gasteiger partial charge on any atom is -0.488 e. The first-order chi connectivity index (χ1) is 19.3. The number of ketones is 1. The molecule has 0 aliphatic heterocycles. The second-order valence-corrected chi connectivity index (χ2v) is 12.3. The first kappa shape index (κ1) is 30.0. The summed E-state index contributed by atoms with van der Waals surface area (Å²) in [6.45, 7) is 13.8. The summed E-state index contributed by atoms with van der Waals surface area (Å²) in [4.78, 5) is 12.9. The largest absolute Gasteiger partial charge is 0.488 e. The third-order valence-corrected chi connectivity index (χ3v) is 7.58. The average Bonchev–Trinajstić information content (AvgIpc) is 2.93. The van der Waals surface area contributed by atoms with Gasteiger partial charge in [-0.15, -0.1) is 0 Å². The van der Waals surface area contributed by atoms with Gasteiger partial charge >= 0.3 is 0 Å². The molecule has 0 bridgehead atoms. The lowest BCUT2D eigenvalue weighted by atomic mass is 9.78. The monoisotopic (exact) mass is 552 g/mol. The molecule has 0 aliphatic rings. The molecule has 41 heavy (non-hydrogen) atoms. The van der Waals surface area contributed by atoms with Crippen LogP contribution in [0.25, 0.3) is 0 Å². The van der Waals surface area contributed by atoms with Crippen molar-refractivity contribution in [2.24, 2.45) is 0 Å². The summed E-state index contributed by atoms with van der Waals surface area (Å²) in [5, 5.41) is 0. The molecule has 0 aromatic heterocycles. The quantitative estimate of drug-likeness (QED) is 0.174. The van der Waals surface area contributed by atoms with Crippen LogP contribution in [0.1, 0.15) is 93.9 Å². The van der Waals surface area contributed by atoms with Crippen molar-refractivity contribution in [2.75, 3.05) is 0 Å². The Balaban J connectivity index is 1.40. The van der Waals surface area contributed by atoms with E-state index in [1.165, 1.54) is 25.0 Å². The number of carbonyl (C=O) groups excluding carboxylic acids is 1. The Morgan fingerprint density at radius 1 is 0.610 bits per heavy atom. The molecule has 4 rings (SSSR count). The highest BCUT2D eigenvalue weighted by atomic mass is 19.1. The van der Waals surface area contributed by atoms with Crippen molar-refractivity contribution in [3.8, 4) is 17.2 Å². The number of alkyl halides is 1. The molecule has 0 spiro atoms. The van der Waals surface area contributed by atoms with Gasteiger partial charge in [0, 0.05) is 16.5 Å². The van der Waals surface area contributed by atoms with Gasteiger partial charge in [-0.25, -0.2) is 4.39 Å². The van der Waals surface area contributed by atoms with Crippen molar-refractivity contribution < 1.29 is 18.7 Å². The standard InChI is InChI=1S/C37H41FO3/c1-8-25-35(2,3)41-33-23-17-29(18-24-33)36(4,5)28-15-21-32(22-16-28)40-31-19-11-27(12-20-31)34(39)26-9-13-30(14-10-26)37(6,7)38/h9-24H,8,25H2,1-7H3. The van der Waals surface area contributed by atoms with Crippen LogP contribution in [-0.2, 0) is 11.1 Å². The number of halogens is 1. The number of benzene rings is 4. The minimum absolute atomic E-state index is 0.115. The van der Waals surface area contributed by atoms with E-state index in [0.717, 1.165) is 24.3 Å². The van der Waals surface area contributed by atoms with Crippen molar-refractivity contribution in [3.05, 3.63) is 125 Å². The number of rotatable bonds is 11. The van der Waals surface area contributed by atoms with Crippen molar-refractivity contribution in [1.82, 2.24) is 0 Å². The molecule has 3 nitrogen and oxygen atoms in total. The summed E-state index contributed by atoms with van der Waals surface area (Å²) in [6, 6.07) is 30.2. The molecule has 0 N–H and O–H groups in total. The second kappa shape index (κ2) is 11.9. The summed E-state index contributed by atoms with van der Waals surface area (Å²) in [5.41, 5.74) is 2.17. The second-order valence-electron chi connectivity index (χ2n) is 12.3. The van der Waals surface area contributed by atoms with Crippen LogP contribution in [0.4, 0.5) is 4.39 Å². The van der Waals surface area contributed by atoms with E-state index in [1.54, 1.807) is 48.5 Å². The van der Waals surface area contributed by atoms with E-state index in [0.29, 0.717) is 22.4 Å². The topological polar surface area (TPSA) is 35.5 Å². The van der Waals surface area contributed by atoms with Crippen LogP contribution in [0.3, 0.4) is 0 Å². The number of ether oxygens (including phenoxy) is 2. The van der Waals surface area contributed by atoms with Crippen molar-refractivity contribution in [2.45, 2.75) is 78.0 Å². The van der Waals surface area contributed by atoms with Gasteiger partial charge in [0.1, 0.15) is 28.5 Å². The molecule has 0 saturated heterocycles. The Hall–Kier alpha value is -3.92. The minimum atomic E-state index is -1.44. The Morgan fingerprint density at radius 3 is 1.44 bits per heavy atom. The molecule has 4 aromatic rings. The highest BCUT2D eigenvalue weighted by molar-refractivity contribution is 6.09. The van der Waals surface area contributed by atoms with E-state index in [4.69, 9.17) is 9.47 Å². The molecule has 0 atom stereocenters. The van der Waals surface area contributed by atoms with Gasteiger partial charge in [-0.1, -0.05) is 75.7 Å². The first-order valence-electron chi connectivity index (χ1n) is 14.3. The van der Waals surface area contributed by atoms with Crippen LogP contribution in [0, 0.1) is 0 Å². The zero-order valence-electron chi connectivity index (χ0n) is 25.3. The number of hydrogen-bond donors (Lipinski definition) is 0. The maximum absolute atomic E-state index is 14.1. The first-order valence-corrected chi connectivity index (χ1v) is 14.3. The Kier molecular flexibility index (Phi) is 8.72. The van der Waals surface area contributed by atoms with Crippen LogP contribution in [-0.4, -0.2) is 11.4 Å². The fourth-order valence-electron chi connectivity index (χ4n) is 5.01. The molecule has 0 amide bonds. The van der Waals surface area contributed by atoms with E-state index in [9.17, 15) is 9.18 Å². The summed E-state index contributed by atoms with van der Waals surface area (Å²) in [7, 11) is 0. The fourth-order valence-corrected chi connectivity index (χ4v) is 5.01. The van der Waals surface area contributed by atoms with Crippen molar-refractivity contribution >= 4 is 5.78 Å². The van der Waals surface area contributed by atoms with Gasteiger partial charge in [0.15, 0.2) is 5.78 Å². The molecule has 0 unspecified atom stereocenters. The third-order valence-electron chi connectivity index (χ3n) is 7.58. The van der Waals surface area contributed by atoms with Crippen LogP contribution >= 0.6 is 0 Å². The van der Waals surface area contributed by atoms with Crippen LogP contribution in [0.5, 0.6) is 17.2 Å². The Morgan fingerprint density at radius 2 is 1.00 bits per heavy atom. The lowest BCUT2D eigenvalue weighted by molar-refractivity contribution is 0.0985. The van der Waals surface area contributed by atoms with E-state index < -0.39 is 5.67 Å². The maximum atomic E-state index is 14.1. The van der Waals surface area contributed by atoms with Crippen LogP contribution < -0.4 is 9.47 Å². The zero-order chi connectivity index (χ0) is 29.8. The Bertz CT molecular complexity index is 1440. The third kappa shape index (κ3) is 7.43. The molecule has 4 aromatic carbocycles. The fraction of sp³-hybridized carbons (Fsp3) is 0.324. The van der Waals surface area contributed by atoms with Gasteiger partial charge in [-0.2, -0.15) is 0 Å². The van der Waals surface area contributed by atoms with Gasteiger partial charge in [-0.05, 0) is 99.3 Å². The Labute approximate surface area is 244 Å². The van der Waals surface area contributed by atoms with Gasteiger partial charge in [0.2, 0.25) is 0 Å². The highest BCUT2D eigenvalue weighted by Gasteiger charge is 2.24. The van der Waals surface area contributed by atoms with Gasteiger partial charge in [0.25, 0.3) is 0 Å². The molecule has 4 heteroatoms. The molecular formula is C37H41FO3. The zero-order valence-corrected chi connectivity index (χ0v) is 25.3. The van der Waals surface area contributed by atoms with E-state index >= 15 is 0 Å². The summed E-state index contributed by atoms with van der Waals surface area (Å²) in [6.07, 6.45) is 2.09. The van der Waals surface area contributed by atoms with E-state index in [-0.39, 0.29) is 16.8 Å². The highest BCUT2D eigenvalue weighted by Crippen LogP contribution is 2.35. The SMILES string of the molecule is CCCC(C)(C)Oc1ccc(C(C)(C)c2ccc(Oc3ccc(C(=O)c4ccc(C(C)(C)F)cc4)cc3)cc2)cc1. The van der Waals surface area contributed by atoms with Crippen LogP contribution in [0.2, 0.25) is 0 Å². The molecule has 0 aliphatic carbocycles. The molecule has 0 saturated carbocycles. The maximum Gasteiger partial charge on any atom is 0.193 e. The lowest BCUT2D eigenvalue weighted by Gasteiger charge is -2.28. The van der Waals surface area contributed by atoms with Crippen molar-refractivity contribution in [1.29, 1.82) is 0 Å². The molecule has 0 fully saturated rings. The van der Waals surface area contributed by atoms with Crippen molar-refractivity contribution in [3.63, 3.8) is 0 Å². The predicted molar refractivity (Wildman–Crippen MR) is 165 cm³/mol.